The lowest BCUT2D eigenvalue weighted by Crippen LogP contribution is -2.21. The maximum Gasteiger partial charge on any atom is 0.338 e. The quantitative estimate of drug-likeness (QED) is 0.830. The van der Waals surface area contributed by atoms with Gasteiger partial charge in [0.15, 0.2) is 6.61 Å². The van der Waals surface area contributed by atoms with Gasteiger partial charge in [0.05, 0.1) is 11.3 Å². The van der Waals surface area contributed by atoms with Crippen LogP contribution in [0.5, 0.6) is 0 Å². The molecule has 1 amide bonds. The van der Waals surface area contributed by atoms with Crippen molar-refractivity contribution in [2.45, 2.75) is 19.3 Å². The summed E-state index contributed by atoms with van der Waals surface area (Å²) in [6.45, 7) is -0.308. The summed E-state index contributed by atoms with van der Waals surface area (Å²) >= 11 is 3.35. The molecule has 0 saturated carbocycles. The number of hydrogen-bond donors (Lipinski definition) is 1. The Morgan fingerprint density at radius 2 is 1.87 bits per heavy atom. The number of halogens is 1. The van der Waals surface area contributed by atoms with Gasteiger partial charge in [-0.05, 0) is 70.6 Å². The van der Waals surface area contributed by atoms with E-state index in [1.165, 1.54) is 11.1 Å². The average Bonchev–Trinajstić information content (AvgIpc) is 3.02. The van der Waals surface area contributed by atoms with Gasteiger partial charge in [-0.3, -0.25) is 4.79 Å². The summed E-state index contributed by atoms with van der Waals surface area (Å²) in [5.74, 6) is -0.839. The number of aryl methyl sites for hydroxylation is 2. The zero-order valence-corrected chi connectivity index (χ0v) is 14.1. The third-order valence-corrected chi connectivity index (χ3v) is 4.51. The lowest BCUT2D eigenvalue weighted by molar-refractivity contribution is -0.119. The predicted molar refractivity (Wildman–Crippen MR) is 91.5 cm³/mol. The van der Waals surface area contributed by atoms with Gasteiger partial charge in [0, 0.05) is 4.47 Å². The van der Waals surface area contributed by atoms with Crippen molar-refractivity contribution in [1.29, 1.82) is 0 Å². The fourth-order valence-electron chi connectivity index (χ4n) is 2.66. The van der Waals surface area contributed by atoms with Crippen LogP contribution in [0.15, 0.2) is 46.9 Å². The van der Waals surface area contributed by atoms with Crippen LogP contribution < -0.4 is 5.32 Å². The van der Waals surface area contributed by atoms with Crippen molar-refractivity contribution in [3.63, 3.8) is 0 Å². The number of ether oxygens (including phenoxy) is 1. The average molecular weight is 374 g/mol. The molecule has 3 rings (SSSR count). The van der Waals surface area contributed by atoms with E-state index in [2.05, 4.69) is 21.2 Å². The molecule has 0 radical (unpaired) electrons. The molecule has 1 aliphatic carbocycles. The van der Waals surface area contributed by atoms with E-state index in [1.54, 1.807) is 12.1 Å². The summed E-state index contributed by atoms with van der Waals surface area (Å²) in [7, 11) is 0. The van der Waals surface area contributed by atoms with Gasteiger partial charge in [-0.2, -0.15) is 0 Å². The zero-order chi connectivity index (χ0) is 16.2. The second-order valence-electron chi connectivity index (χ2n) is 5.44. The van der Waals surface area contributed by atoms with E-state index in [1.807, 2.05) is 30.3 Å². The lowest BCUT2D eigenvalue weighted by atomic mass is 10.1. The highest BCUT2D eigenvalue weighted by atomic mass is 79.9. The van der Waals surface area contributed by atoms with Gasteiger partial charge in [-0.1, -0.05) is 18.2 Å². The van der Waals surface area contributed by atoms with Crippen molar-refractivity contribution in [1.82, 2.24) is 0 Å². The molecule has 0 fully saturated rings. The molecule has 0 heterocycles. The fraction of sp³-hybridized carbons (Fsp3) is 0.222. The molecule has 4 nitrogen and oxygen atoms in total. The van der Waals surface area contributed by atoms with Crippen LogP contribution in [0.1, 0.15) is 27.9 Å². The maximum atomic E-state index is 12.1. The molecule has 0 aromatic heterocycles. The minimum atomic E-state index is -0.470. The Bertz CT molecular complexity index is 758. The Balaban J connectivity index is 1.56. The van der Waals surface area contributed by atoms with Gasteiger partial charge in [0.1, 0.15) is 0 Å². The Labute approximate surface area is 143 Å². The van der Waals surface area contributed by atoms with E-state index >= 15 is 0 Å². The van der Waals surface area contributed by atoms with Gasteiger partial charge in [-0.15, -0.1) is 0 Å². The predicted octanol–water partition coefficient (Wildman–Crippen LogP) is 3.73. The first-order valence-corrected chi connectivity index (χ1v) is 8.26. The second kappa shape index (κ2) is 6.96. The molecule has 0 atom stereocenters. The molecule has 1 N–H and O–H groups in total. The van der Waals surface area contributed by atoms with Crippen LogP contribution in [-0.4, -0.2) is 18.5 Å². The van der Waals surface area contributed by atoms with Gasteiger partial charge < -0.3 is 10.1 Å². The van der Waals surface area contributed by atoms with Crippen LogP contribution in [0.2, 0.25) is 0 Å². The van der Waals surface area contributed by atoms with Crippen LogP contribution >= 0.6 is 15.9 Å². The van der Waals surface area contributed by atoms with Crippen molar-refractivity contribution in [3.8, 4) is 0 Å². The number of esters is 1. The van der Waals surface area contributed by atoms with E-state index in [4.69, 9.17) is 4.74 Å². The van der Waals surface area contributed by atoms with E-state index < -0.39 is 5.97 Å². The number of carbonyl (C=O) groups is 2. The summed E-state index contributed by atoms with van der Waals surface area (Å²) in [5, 5.41) is 2.70. The number of benzene rings is 2. The number of para-hydroxylation sites is 1. The van der Waals surface area contributed by atoms with Crippen LogP contribution in [0, 0.1) is 0 Å². The molecule has 0 saturated heterocycles. The Morgan fingerprint density at radius 1 is 1.09 bits per heavy atom. The number of fused-ring (bicyclic) bond motifs is 1. The third-order valence-electron chi connectivity index (χ3n) is 3.82. The Hall–Kier alpha value is -2.14. The summed E-state index contributed by atoms with van der Waals surface area (Å²) in [5.41, 5.74) is 3.65. The Kier molecular flexibility index (Phi) is 4.76. The molecule has 2 aromatic carbocycles. The van der Waals surface area contributed by atoms with Crippen LogP contribution in [0.3, 0.4) is 0 Å². The standard InChI is InChI=1S/C18H16BrNO3/c19-15-6-1-2-7-16(15)20-17(21)11-23-18(22)14-9-8-12-4-3-5-13(12)10-14/h1-2,6-10H,3-5,11H2,(H,20,21). The minimum absolute atomic E-state index is 0.308. The Morgan fingerprint density at radius 3 is 2.70 bits per heavy atom. The monoisotopic (exact) mass is 373 g/mol. The summed E-state index contributed by atoms with van der Waals surface area (Å²) < 4.78 is 5.87. The third kappa shape index (κ3) is 3.79. The highest BCUT2D eigenvalue weighted by Crippen LogP contribution is 2.23. The van der Waals surface area contributed by atoms with E-state index in [9.17, 15) is 9.59 Å². The van der Waals surface area contributed by atoms with Crippen molar-refractivity contribution < 1.29 is 14.3 Å². The van der Waals surface area contributed by atoms with Gasteiger partial charge in [0.25, 0.3) is 5.91 Å². The maximum absolute atomic E-state index is 12.1. The van der Waals surface area contributed by atoms with Crippen molar-refractivity contribution in [3.05, 3.63) is 63.6 Å². The van der Waals surface area contributed by atoms with Crippen LogP contribution in [-0.2, 0) is 22.4 Å². The smallest absolute Gasteiger partial charge is 0.338 e. The fourth-order valence-corrected chi connectivity index (χ4v) is 3.05. The first kappa shape index (κ1) is 15.7. The molecular weight excluding hydrogens is 358 g/mol. The summed E-state index contributed by atoms with van der Waals surface area (Å²) in [6, 6.07) is 12.9. The van der Waals surface area contributed by atoms with E-state index in [0.29, 0.717) is 11.3 Å². The number of nitrogens with one attached hydrogen (secondary N) is 1. The van der Waals surface area contributed by atoms with Crippen molar-refractivity contribution in [2.75, 3.05) is 11.9 Å². The second-order valence-corrected chi connectivity index (χ2v) is 6.30. The molecule has 0 aliphatic heterocycles. The number of rotatable bonds is 4. The topological polar surface area (TPSA) is 55.4 Å². The molecule has 0 unspecified atom stereocenters. The van der Waals surface area contributed by atoms with Crippen LogP contribution in [0.25, 0.3) is 0 Å². The summed E-state index contributed by atoms with van der Waals surface area (Å²) in [6.07, 6.45) is 3.19. The summed E-state index contributed by atoms with van der Waals surface area (Å²) in [4.78, 5) is 23.9. The normalized spacial score (nSPS) is 12.6. The first-order valence-electron chi connectivity index (χ1n) is 7.47. The van der Waals surface area contributed by atoms with Gasteiger partial charge in [0.2, 0.25) is 0 Å². The number of carbonyl (C=O) groups excluding carboxylic acids is 2. The van der Waals surface area contributed by atoms with Crippen molar-refractivity contribution in [2.24, 2.45) is 0 Å². The van der Waals surface area contributed by atoms with Gasteiger partial charge in [-0.25, -0.2) is 4.79 Å². The lowest BCUT2D eigenvalue weighted by Gasteiger charge is -2.08. The highest BCUT2D eigenvalue weighted by Gasteiger charge is 2.16. The molecule has 0 bridgehead atoms. The zero-order valence-electron chi connectivity index (χ0n) is 12.5. The molecule has 2 aromatic rings. The SMILES string of the molecule is O=C(COC(=O)c1ccc2c(c1)CCC2)Nc1ccccc1Br. The van der Waals surface area contributed by atoms with E-state index in [-0.39, 0.29) is 12.5 Å². The first-order chi connectivity index (χ1) is 11.1. The number of amides is 1. The molecule has 118 valence electrons. The molecule has 1 aliphatic rings. The molecular formula is C18H16BrNO3. The highest BCUT2D eigenvalue weighted by molar-refractivity contribution is 9.10. The van der Waals surface area contributed by atoms with Crippen molar-refractivity contribution >= 4 is 33.5 Å². The number of hydrogen-bond acceptors (Lipinski definition) is 3. The van der Waals surface area contributed by atoms with Crippen LogP contribution in [0.4, 0.5) is 5.69 Å². The van der Waals surface area contributed by atoms with Gasteiger partial charge >= 0.3 is 5.97 Å². The molecule has 0 spiro atoms. The number of anilines is 1. The minimum Gasteiger partial charge on any atom is -0.452 e. The molecule has 23 heavy (non-hydrogen) atoms. The van der Waals surface area contributed by atoms with E-state index in [0.717, 1.165) is 23.7 Å². The largest absolute Gasteiger partial charge is 0.452 e. The molecule has 5 heteroatoms.